The van der Waals surface area contributed by atoms with Gasteiger partial charge in [0.05, 0.1) is 116 Å². The molecule has 0 aromatic carbocycles. The quantitative estimate of drug-likeness (QED) is 0.0658. The molecule has 17 rings (SSSR count). The van der Waals surface area contributed by atoms with Gasteiger partial charge in [-0.15, -0.1) is 0 Å². The van der Waals surface area contributed by atoms with Crippen LogP contribution in [-0.4, -0.2) is 285 Å². The summed E-state index contributed by atoms with van der Waals surface area (Å²) in [5, 5.41) is 9.53. The molecule has 5 aliphatic heterocycles. The fraction of sp³-hybridized carbons (Fsp3) is 0.489. The zero-order valence-electron chi connectivity index (χ0n) is 79.7. The fourth-order valence-corrected chi connectivity index (χ4v) is 20.3. The van der Waals surface area contributed by atoms with Gasteiger partial charge < -0.3 is 71.1 Å². The Bertz CT molecular complexity index is 6360. The topological polar surface area (TPSA) is 531 Å². The zero-order chi connectivity index (χ0) is 97.2. The van der Waals surface area contributed by atoms with E-state index in [1.54, 1.807) is 98.6 Å². The van der Waals surface area contributed by atoms with Crippen LogP contribution in [0.25, 0.3) is 56.9 Å². The van der Waals surface area contributed by atoms with E-state index in [9.17, 15) is 26.3 Å². The number of pyridine rings is 5. The highest BCUT2D eigenvalue weighted by Crippen LogP contribution is 2.38. The first-order valence-corrected chi connectivity index (χ1v) is 55.3. The lowest BCUT2D eigenvalue weighted by molar-refractivity contribution is 0.0985. The molecular weight excluding hydrogens is 1820 g/mol. The van der Waals surface area contributed by atoms with Gasteiger partial charge in [-0.2, -0.15) is 27.1 Å². The minimum Gasteiger partial charge on any atom is -0.384 e. The molecule has 7 fully saturated rings. The molecule has 722 valence electrons. The van der Waals surface area contributed by atoms with Crippen molar-refractivity contribution in [2.75, 3.05) is 196 Å². The van der Waals surface area contributed by atoms with Gasteiger partial charge in [-0.05, 0) is 156 Å². The number of nitriles is 1. The van der Waals surface area contributed by atoms with Crippen LogP contribution in [0.5, 0.6) is 0 Å². The molecule has 135 heavy (non-hydrogen) atoms. The van der Waals surface area contributed by atoms with Crippen molar-refractivity contribution in [3.8, 4) is 63.0 Å². The van der Waals surface area contributed by atoms with Crippen molar-refractivity contribution >= 4 is 130 Å². The lowest BCUT2D eigenvalue weighted by Crippen LogP contribution is -2.44. The monoisotopic (exact) mass is 1940 g/mol. The van der Waals surface area contributed by atoms with Gasteiger partial charge in [-0.3, -0.25) is 0 Å². The second kappa shape index (κ2) is 43.2. The molecule has 10 aromatic heterocycles. The maximum atomic E-state index is 12.9. The molecule has 10 aromatic rings. The zero-order valence-corrected chi connectivity index (χ0v) is 83.8. The molecule has 1 unspecified atom stereocenters. The van der Waals surface area contributed by atoms with Gasteiger partial charge >= 0.3 is 0 Å². The molecule has 0 radical (unpaired) electrons. The second-order valence-corrected chi connectivity index (χ2v) is 48.2. The summed E-state index contributed by atoms with van der Waals surface area (Å²) >= 11 is 0. The SMILES string of the molecule is Cc1cc(-c2nc(N=S(C)(=O)C3CC3)cc(N3CCOC[C@H]3C)n2)cc(N)n1.Cc1cc(-c2nc(N=S(C)(C)=O)cc(N3CCOC[C@H]3C)n2)cc(C#N)n1.Cc1cc(-c2nc(N=S(C)(C)=O)cc(N3CCOC[C@H]3C)n2)cc(N)n1.Cc1cc(-c2nc(N=S(C)(C)=O)cc(N3CCOC[C@H]3C)n2)cc(N)n1.Cc1cc(-c2nc(N=[S@](C)(=O)C3CC3)cc(N3CCOC[C@H]3C)n2)cc(N)n1. The van der Waals surface area contributed by atoms with E-state index >= 15 is 0 Å². The molecule has 15 heterocycles. The number of rotatable bonds is 17. The number of aryl methyl sites for hydroxylation is 5. The Hall–Kier alpha value is -11.6. The minimum atomic E-state index is -2.38. The van der Waals surface area contributed by atoms with Gasteiger partial charge in [0.25, 0.3) is 0 Å². The van der Waals surface area contributed by atoms with Gasteiger partial charge in [-0.1, -0.05) is 0 Å². The molecule has 40 nitrogen and oxygen atoms in total. The average molecular weight is 1940 g/mol. The predicted octanol–water partition coefficient (Wildman–Crippen LogP) is 11.4. The Morgan fingerprint density at radius 3 is 0.704 bits per heavy atom. The largest absolute Gasteiger partial charge is 0.384 e. The summed E-state index contributed by atoms with van der Waals surface area (Å²) in [4.78, 5) is 78.1. The summed E-state index contributed by atoms with van der Waals surface area (Å²) in [5.74, 6) is 9.81. The summed E-state index contributed by atoms with van der Waals surface area (Å²) in [6, 6.07) is 29.8. The second-order valence-electron chi connectivity index (χ2n) is 35.4. The maximum Gasteiger partial charge on any atom is 0.167 e. The number of nitrogens with zero attached hydrogens (tertiary/aromatic N) is 26. The standard InChI is InChI=1S/2C19H26N6O2S.C18H22N6O2S.2C17H24N6O2S/c2*1-12-8-14(9-16(20)21-12)19-22-17(24-28(3,26)15-4-5-15)10-18(23-19)25-6-7-27-11-13(25)2;1-12-7-14(8-15(10-19)20-12)18-21-16(23-27(3,4)25)9-17(22-18)24-5-6-26-11-13(24)2;2*1-11-7-13(8-14(18)19-11)17-20-15(22-26(3,4)24)9-16(21-17)23-5-6-25-10-12(23)2/h2*8-10,13,15H,4-7,11H2,1-3H3,(H2,20,21);7-9,13H,5-6,11H2,1-4H3;2*7-9,12H,5-6,10H2,1-4H3,(H2,18,19)/t13-,28?;13-,28-;13-;2*12-/m11111/s1. The van der Waals surface area contributed by atoms with Crippen molar-refractivity contribution in [2.45, 2.75) is 136 Å². The molecule has 0 bridgehead atoms. The summed E-state index contributed by atoms with van der Waals surface area (Å²) in [6.45, 7) is 29.6. The molecule has 8 N–H and O–H groups in total. The van der Waals surface area contributed by atoms with Crippen LogP contribution in [0, 0.1) is 45.9 Å². The van der Waals surface area contributed by atoms with Crippen molar-refractivity contribution in [1.82, 2.24) is 74.8 Å². The molecule has 7 atom stereocenters. The number of aromatic nitrogens is 15. The molecule has 2 saturated carbocycles. The highest BCUT2D eigenvalue weighted by molar-refractivity contribution is 7.94. The molecule has 2 aliphatic carbocycles. The smallest absolute Gasteiger partial charge is 0.167 e. The first-order valence-electron chi connectivity index (χ1n) is 44.3. The van der Waals surface area contributed by atoms with Crippen LogP contribution in [-0.2, 0) is 72.3 Å². The molecule has 0 spiro atoms. The molecule has 5 saturated heterocycles. The Labute approximate surface area is 791 Å². The highest BCUT2D eigenvalue weighted by atomic mass is 32.2. The fourth-order valence-electron chi connectivity index (χ4n) is 15.4. The van der Waals surface area contributed by atoms with E-state index in [4.69, 9.17) is 71.5 Å². The van der Waals surface area contributed by atoms with Crippen LogP contribution in [0.4, 0.5) is 81.5 Å². The highest BCUT2D eigenvalue weighted by Gasteiger charge is 2.34. The van der Waals surface area contributed by atoms with Crippen LogP contribution < -0.4 is 47.4 Å². The van der Waals surface area contributed by atoms with Crippen molar-refractivity contribution in [1.29, 1.82) is 5.26 Å². The van der Waals surface area contributed by atoms with Crippen LogP contribution in [0.15, 0.2) is 113 Å². The predicted molar refractivity (Wildman–Crippen MR) is 535 cm³/mol. The average Bonchev–Trinajstić information content (AvgIpc) is 1.10. The lowest BCUT2D eigenvalue weighted by Gasteiger charge is -2.34. The van der Waals surface area contributed by atoms with Crippen LogP contribution in [0.3, 0.4) is 0 Å². The van der Waals surface area contributed by atoms with E-state index < -0.39 is 48.6 Å². The number of ether oxygens (including phenoxy) is 5. The Morgan fingerprint density at radius 2 is 0.511 bits per heavy atom. The third-order valence-electron chi connectivity index (χ3n) is 21.8. The number of morpholine rings is 5. The van der Waals surface area contributed by atoms with Gasteiger partial charge in [0.15, 0.2) is 58.2 Å². The number of hydrogen-bond donors (Lipinski definition) is 4. The first-order chi connectivity index (χ1) is 63.8. The van der Waals surface area contributed by atoms with Crippen LogP contribution >= 0.6 is 0 Å². The molecule has 7 aliphatic rings. The lowest BCUT2D eigenvalue weighted by atomic mass is 10.2. The van der Waals surface area contributed by atoms with Gasteiger partial charge in [0, 0.05) is 209 Å². The number of nitrogen functional groups attached to an aromatic ring is 4. The van der Waals surface area contributed by atoms with E-state index in [0.717, 1.165) is 120 Å². The Morgan fingerprint density at radius 1 is 0.304 bits per heavy atom. The minimum absolute atomic E-state index is 0.149. The van der Waals surface area contributed by atoms with Gasteiger partial charge in [-0.25, -0.2) is 95.8 Å². The number of hydrogen-bond acceptors (Lipinski definition) is 40. The third kappa shape index (κ3) is 28.8. The summed E-state index contributed by atoms with van der Waals surface area (Å²) in [5.41, 5.74) is 31.5. The van der Waals surface area contributed by atoms with Crippen molar-refractivity contribution in [3.63, 3.8) is 0 Å². The Balaban J connectivity index is 0.000000143. The van der Waals surface area contributed by atoms with Crippen molar-refractivity contribution in [3.05, 3.63) is 125 Å². The van der Waals surface area contributed by atoms with Crippen LogP contribution in [0.2, 0.25) is 0 Å². The maximum absolute atomic E-state index is 12.9. The van der Waals surface area contributed by atoms with E-state index in [-0.39, 0.29) is 40.7 Å². The van der Waals surface area contributed by atoms with Crippen molar-refractivity contribution < 1.29 is 44.7 Å². The van der Waals surface area contributed by atoms with Crippen molar-refractivity contribution in [2.24, 2.45) is 21.8 Å². The molecular formula is C90H122N30O10S5. The van der Waals surface area contributed by atoms with E-state index in [0.29, 0.717) is 177 Å². The Kier molecular flexibility index (Phi) is 32.2. The van der Waals surface area contributed by atoms with Gasteiger partial charge in [0.1, 0.15) is 64.1 Å². The van der Waals surface area contributed by atoms with Gasteiger partial charge in [0.2, 0.25) is 0 Å². The normalized spacial score (nSPS) is 19.5. The molecule has 0 amide bonds. The summed E-state index contributed by atoms with van der Waals surface area (Å²) < 4.78 is 112. The van der Waals surface area contributed by atoms with E-state index in [2.05, 4.69) is 137 Å². The summed E-state index contributed by atoms with van der Waals surface area (Å²) in [7, 11) is -11.7. The molecule has 45 heteroatoms. The number of anilines is 9. The first kappa shape index (κ1) is 101. The van der Waals surface area contributed by atoms with E-state index in [1.807, 2.05) is 77.1 Å². The van der Waals surface area contributed by atoms with Crippen LogP contribution in [0.1, 0.15) is 94.5 Å². The summed E-state index contributed by atoms with van der Waals surface area (Å²) in [6.07, 6.45) is 16.8. The number of nitrogens with two attached hydrogens (primary N) is 4. The third-order valence-corrected chi connectivity index (χ3v) is 28.2. The van der Waals surface area contributed by atoms with E-state index in [1.165, 1.54) is 0 Å².